The number of carbonyl (C=O) groups excluding carboxylic acids is 1. The van der Waals surface area contributed by atoms with Crippen LogP contribution in [0.5, 0.6) is 0 Å². The molecule has 0 radical (unpaired) electrons. The van der Waals surface area contributed by atoms with Crippen molar-refractivity contribution in [1.82, 2.24) is 9.80 Å². The molecule has 126 valence electrons. The van der Waals surface area contributed by atoms with Crippen LogP contribution in [0.15, 0.2) is 47.1 Å². The van der Waals surface area contributed by atoms with Crippen molar-refractivity contribution in [2.45, 2.75) is 25.4 Å². The summed E-state index contributed by atoms with van der Waals surface area (Å²) in [6.07, 6.45) is 3.84. The van der Waals surface area contributed by atoms with E-state index in [0.717, 1.165) is 44.6 Å². The lowest BCUT2D eigenvalue weighted by Gasteiger charge is -2.36. The van der Waals surface area contributed by atoms with Gasteiger partial charge in [-0.3, -0.25) is 9.69 Å². The van der Waals surface area contributed by atoms with Crippen molar-refractivity contribution < 1.29 is 13.6 Å². The minimum atomic E-state index is -0.202. The number of rotatable bonds is 3. The van der Waals surface area contributed by atoms with Crippen LogP contribution in [-0.4, -0.2) is 41.4 Å². The van der Waals surface area contributed by atoms with Gasteiger partial charge in [-0.2, -0.15) is 0 Å². The van der Waals surface area contributed by atoms with Gasteiger partial charge >= 0.3 is 0 Å². The van der Waals surface area contributed by atoms with Gasteiger partial charge < -0.3 is 9.32 Å². The maximum Gasteiger partial charge on any atom is 0.289 e. The molecule has 2 aliphatic rings. The van der Waals surface area contributed by atoms with E-state index in [1.807, 2.05) is 17.0 Å². The van der Waals surface area contributed by atoms with Crippen LogP contribution in [0.1, 0.15) is 29.0 Å². The fourth-order valence-electron chi connectivity index (χ4n) is 4.02. The van der Waals surface area contributed by atoms with Gasteiger partial charge in [0.1, 0.15) is 5.82 Å². The molecule has 1 aromatic heterocycles. The third-order valence-electron chi connectivity index (χ3n) is 5.21. The Balaban J connectivity index is 1.46. The van der Waals surface area contributed by atoms with Crippen molar-refractivity contribution in [3.05, 3.63) is 59.8 Å². The molecule has 2 fully saturated rings. The zero-order valence-electron chi connectivity index (χ0n) is 13.5. The Labute approximate surface area is 140 Å². The second-order valence-corrected chi connectivity index (χ2v) is 6.75. The van der Waals surface area contributed by atoms with Crippen molar-refractivity contribution >= 4 is 5.91 Å². The van der Waals surface area contributed by atoms with Crippen LogP contribution < -0.4 is 0 Å². The van der Waals surface area contributed by atoms with E-state index in [0.29, 0.717) is 17.7 Å². The van der Waals surface area contributed by atoms with Crippen LogP contribution in [0.4, 0.5) is 4.39 Å². The number of piperidine rings is 1. The maximum atomic E-state index is 13.1. The van der Waals surface area contributed by atoms with Gasteiger partial charge in [0.15, 0.2) is 5.76 Å². The van der Waals surface area contributed by atoms with Crippen LogP contribution in [0.2, 0.25) is 0 Å². The number of hydrogen-bond acceptors (Lipinski definition) is 3. The summed E-state index contributed by atoms with van der Waals surface area (Å²) in [7, 11) is 0. The Hall–Kier alpha value is -2.14. The Morgan fingerprint density at radius 1 is 1.21 bits per heavy atom. The van der Waals surface area contributed by atoms with Crippen LogP contribution in [0, 0.1) is 11.7 Å². The molecule has 0 bridgehead atoms. The highest BCUT2D eigenvalue weighted by molar-refractivity contribution is 5.91. The summed E-state index contributed by atoms with van der Waals surface area (Å²) >= 11 is 0. The van der Waals surface area contributed by atoms with Crippen molar-refractivity contribution in [3.63, 3.8) is 0 Å². The predicted molar refractivity (Wildman–Crippen MR) is 87.9 cm³/mol. The topological polar surface area (TPSA) is 36.7 Å². The highest BCUT2D eigenvalue weighted by Gasteiger charge is 2.41. The minimum Gasteiger partial charge on any atom is -0.459 e. The second-order valence-electron chi connectivity index (χ2n) is 6.75. The van der Waals surface area contributed by atoms with Gasteiger partial charge in [0, 0.05) is 25.7 Å². The molecule has 4 nitrogen and oxygen atoms in total. The smallest absolute Gasteiger partial charge is 0.289 e. The number of carbonyl (C=O) groups is 1. The molecule has 0 aliphatic carbocycles. The average Bonchev–Trinajstić information content (AvgIpc) is 3.26. The van der Waals surface area contributed by atoms with Crippen molar-refractivity contribution in [2.24, 2.45) is 5.92 Å². The van der Waals surface area contributed by atoms with Gasteiger partial charge in [0.05, 0.1) is 6.26 Å². The average molecular weight is 328 g/mol. The number of benzene rings is 1. The van der Waals surface area contributed by atoms with E-state index in [4.69, 9.17) is 4.42 Å². The zero-order valence-corrected chi connectivity index (χ0v) is 13.5. The van der Waals surface area contributed by atoms with Gasteiger partial charge in [-0.25, -0.2) is 4.39 Å². The normalized spacial score (nSPS) is 24.1. The molecule has 3 heterocycles. The van der Waals surface area contributed by atoms with Crippen molar-refractivity contribution in [2.75, 3.05) is 19.6 Å². The van der Waals surface area contributed by atoms with Gasteiger partial charge in [-0.15, -0.1) is 0 Å². The molecule has 1 aromatic carbocycles. The molecule has 2 saturated heterocycles. The molecule has 24 heavy (non-hydrogen) atoms. The van der Waals surface area contributed by atoms with Crippen molar-refractivity contribution in [3.8, 4) is 0 Å². The summed E-state index contributed by atoms with van der Waals surface area (Å²) in [5.41, 5.74) is 1.12. The van der Waals surface area contributed by atoms with Gasteiger partial charge in [0.25, 0.3) is 5.91 Å². The summed E-state index contributed by atoms with van der Waals surface area (Å²) in [5.74, 6) is 0.708. The summed E-state index contributed by atoms with van der Waals surface area (Å²) in [6.45, 7) is 3.38. The van der Waals surface area contributed by atoms with Crippen molar-refractivity contribution in [1.29, 1.82) is 0 Å². The fourth-order valence-corrected chi connectivity index (χ4v) is 4.02. The van der Waals surface area contributed by atoms with E-state index >= 15 is 0 Å². The Kier molecular flexibility index (Phi) is 4.10. The predicted octanol–water partition coefficient (Wildman–Crippen LogP) is 3.16. The van der Waals surface area contributed by atoms with E-state index in [2.05, 4.69) is 4.90 Å². The third-order valence-corrected chi connectivity index (χ3v) is 5.21. The van der Waals surface area contributed by atoms with E-state index in [9.17, 15) is 9.18 Å². The van der Waals surface area contributed by atoms with E-state index < -0.39 is 0 Å². The fraction of sp³-hybridized carbons (Fsp3) is 0.421. The van der Waals surface area contributed by atoms with Gasteiger partial charge in [0.2, 0.25) is 0 Å². The molecule has 0 spiro atoms. The highest BCUT2D eigenvalue weighted by atomic mass is 19.1. The van der Waals surface area contributed by atoms with Gasteiger partial charge in [-0.1, -0.05) is 12.1 Å². The largest absolute Gasteiger partial charge is 0.459 e. The first-order valence-electron chi connectivity index (χ1n) is 8.52. The number of amides is 1. The standard InChI is InChI=1S/C19H21FN2O2/c20-16-7-5-14(6-8-16)11-21-9-1-3-15-12-22(13-17(15)21)19(23)18-4-2-10-24-18/h2,4-8,10,15,17H,1,3,9,11-13H2/t15-,17+/m0/s1. The molecule has 0 N–H and O–H groups in total. The number of fused-ring (bicyclic) bond motifs is 1. The number of hydrogen-bond donors (Lipinski definition) is 0. The molecule has 2 aliphatic heterocycles. The lowest BCUT2D eigenvalue weighted by Crippen LogP contribution is -2.44. The summed E-state index contributed by atoms with van der Waals surface area (Å²) in [5, 5.41) is 0. The number of nitrogens with zero attached hydrogens (tertiary/aromatic N) is 2. The molecule has 1 amide bonds. The molecule has 0 saturated carbocycles. The summed E-state index contributed by atoms with van der Waals surface area (Å²) < 4.78 is 18.3. The number of halogens is 1. The molecule has 0 unspecified atom stereocenters. The third kappa shape index (κ3) is 2.96. The first-order chi connectivity index (χ1) is 11.7. The quantitative estimate of drug-likeness (QED) is 0.868. The monoisotopic (exact) mass is 328 g/mol. The molecular weight excluding hydrogens is 307 g/mol. The van der Waals surface area contributed by atoms with Gasteiger partial charge in [-0.05, 0) is 55.1 Å². The van der Waals surface area contributed by atoms with E-state index in [-0.39, 0.29) is 11.7 Å². The van der Waals surface area contributed by atoms with Crippen LogP contribution in [0.25, 0.3) is 0 Å². The number of likely N-dealkylation sites (tertiary alicyclic amines) is 2. The SMILES string of the molecule is O=C(c1ccco1)N1C[C@@H]2CCCN(Cc3ccc(F)cc3)[C@@H]2C1. The molecule has 4 rings (SSSR count). The lowest BCUT2D eigenvalue weighted by molar-refractivity contribution is 0.0743. The Bertz CT molecular complexity index is 699. The second kappa shape index (κ2) is 6.40. The maximum absolute atomic E-state index is 13.1. The molecular formula is C19H21FN2O2. The molecule has 2 aromatic rings. The lowest BCUT2D eigenvalue weighted by atomic mass is 9.91. The van der Waals surface area contributed by atoms with Crippen LogP contribution >= 0.6 is 0 Å². The van der Waals surface area contributed by atoms with Crippen LogP contribution in [0.3, 0.4) is 0 Å². The van der Waals surface area contributed by atoms with E-state index in [1.165, 1.54) is 18.4 Å². The molecule has 5 heteroatoms. The Morgan fingerprint density at radius 2 is 2.04 bits per heavy atom. The first-order valence-corrected chi connectivity index (χ1v) is 8.52. The first kappa shape index (κ1) is 15.4. The summed E-state index contributed by atoms with van der Waals surface area (Å²) in [6, 6.07) is 10.6. The number of furan rings is 1. The Morgan fingerprint density at radius 3 is 2.79 bits per heavy atom. The molecule has 2 atom stereocenters. The highest BCUT2D eigenvalue weighted by Crippen LogP contribution is 2.32. The van der Waals surface area contributed by atoms with Crippen LogP contribution in [-0.2, 0) is 6.54 Å². The summed E-state index contributed by atoms with van der Waals surface area (Å²) in [4.78, 5) is 16.9. The van der Waals surface area contributed by atoms with E-state index in [1.54, 1.807) is 12.1 Å². The zero-order chi connectivity index (χ0) is 16.5. The minimum absolute atomic E-state index is 0.0175.